The second-order valence-corrected chi connectivity index (χ2v) is 6.99. The largest absolute Gasteiger partial charge is 0.379 e. The van der Waals surface area contributed by atoms with Crippen LogP contribution in [0.25, 0.3) is 0 Å². The number of hydrogen-bond donors (Lipinski definition) is 1. The molecule has 0 aliphatic carbocycles. The molecule has 0 unspecified atom stereocenters. The lowest BCUT2D eigenvalue weighted by Gasteiger charge is -2.26. The number of amides is 2. The summed E-state index contributed by atoms with van der Waals surface area (Å²) in [6, 6.07) is 5.05. The first-order chi connectivity index (χ1) is 12.1. The minimum atomic E-state index is -0.640. The molecule has 2 saturated heterocycles. The number of hydrogen-bond acceptors (Lipinski definition) is 4. The summed E-state index contributed by atoms with van der Waals surface area (Å²) in [5, 5.41) is 3.71. The first-order valence-corrected chi connectivity index (χ1v) is 9.16. The molecule has 2 aliphatic heterocycles. The van der Waals surface area contributed by atoms with Crippen LogP contribution in [-0.2, 0) is 14.3 Å². The van der Waals surface area contributed by atoms with Gasteiger partial charge in [-0.05, 0) is 24.6 Å². The third-order valence-electron chi connectivity index (χ3n) is 4.57. The van der Waals surface area contributed by atoms with Gasteiger partial charge in [-0.2, -0.15) is 0 Å². The standard InChI is InChI=1S/C17H21Cl2N3O3/c18-14-2-1-12(11-15(14)19)22-5-3-13(17(22)24)16(23)20-4-6-21-7-9-25-10-8-21/h1-2,11,13H,3-10H2,(H,20,23)/t13-/m1/s1. The van der Waals surface area contributed by atoms with Gasteiger partial charge in [-0.1, -0.05) is 23.2 Å². The van der Waals surface area contributed by atoms with Crippen molar-refractivity contribution in [1.29, 1.82) is 0 Å². The Balaban J connectivity index is 1.52. The number of nitrogens with one attached hydrogen (secondary N) is 1. The summed E-state index contributed by atoms with van der Waals surface area (Å²) in [6.07, 6.45) is 0.502. The third kappa shape index (κ3) is 4.44. The Hall–Kier alpha value is -1.34. The molecule has 2 amide bonds. The van der Waals surface area contributed by atoms with Crippen molar-refractivity contribution in [3.05, 3.63) is 28.2 Å². The Bertz CT molecular complexity index is 650. The molecule has 2 fully saturated rings. The molecule has 1 atom stereocenters. The van der Waals surface area contributed by atoms with Crippen molar-refractivity contribution in [2.75, 3.05) is 50.8 Å². The highest BCUT2D eigenvalue weighted by Gasteiger charge is 2.37. The van der Waals surface area contributed by atoms with Crippen LogP contribution in [0.2, 0.25) is 10.0 Å². The summed E-state index contributed by atoms with van der Waals surface area (Å²) < 4.78 is 5.30. The molecule has 0 radical (unpaired) electrons. The van der Waals surface area contributed by atoms with Crippen LogP contribution in [0.4, 0.5) is 5.69 Å². The molecule has 0 aromatic heterocycles. The van der Waals surface area contributed by atoms with Gasteiger partial charge < -0.3 is 15.0 Å². The van der Waals surface area contributed by atoms with E-state index in [0.29, 0.717) is 35.2 Å². The van der Waals surface area contributed by atoms with Gasteiger partial charge in [0.15, 0.2) is 0 Å². The maximum absolute atomic E-state index is 12.6. The molecule has 3 rings (SSSR count). The van der Waals surface area contributed by atoms with E-state index in [1.165, 1.54) is 0 Å². The van der Waals surface area contributed by atoms with Crippen molar-refractivity contribution in [2.24, 2.45) is 5.92 Å². The summed E-state index contributed by atoms with van der Waals surface area (Å²) in [5.41, 5.74) is 0.669. The number of anilines is 1. The average molecular weight is 386 g/mol. The van der Waals surface area contributed by atoms with E-state index in [0.717, 1.165) is 32.8 Å². The van der Waals surface area contributed by atoms with E-state index < -0.39 is 5.92 Å². The number of ether oxygens (including phenoxy) is 1. The number of carbonyl (C=O) groups is 2. The van der Waals surface area contributed by atoms with Crippen LogP contribution in [0.15, 0.2) is 18.2 Å². The fourth-order valence-electron chi connectivity index (χ4n) is 3.12. The van der Waals surface area contributed by atoms with Gasteiger partial charge in [0.05, 0.1) is 23.3 Å². The first kappa shape index (κ1) is 18.5. The van der Waals surface area contributed by atoms with Crippen LogP contribution in [0.5, 0.6) is 0 Å². The molecule has 6 nitrogen and oxygen atoms in total. The molecule has 0 bridgehead atoms. The van der Waals surface area contributed by atoms with E-state index in [9.17, 15) is 9.59 Å². The Morgan fingerprint density at radius 2 is 1.96 bits per heavy atom. The Kier molecular flexibility index (Phi) is 6.17. The lowest BCUT2D eigenvalue weighted by Crippen LogP contribution is -2.43. The van der Waals surface area contributed by atoms with Crippen molar-refractivity contribution in [1.82, 2.24) is 10.2 Å². The van der Waals surface area contributed by atoms with Crippen LogP contribution < -0.4 is 10.2 Å². The molecule has 0 saturated carbocycles. The molecule has 25 heavy (non-hydrogen) atoms. The van der Waals surface area contributed by atoms with Crippen molar-refractivity contribution < 1.29 is 14.3 Å². The normalized spacial score (nSPS) is 21.6. The summed E-state index contributed by atoms with van der Waals surface area (Å²) in [6.45, 7) is 5.02. The molecule has 136 valence electrons. The monoisotopic (exact) mass is 385 g/mol. The van der Waals surface area contributed by atoms with E-state index in [4.69, 9.17) is 27.9 Å². The number of nitrogens with zero attached hydrogens (tertiary/aromatic N) is 2. The zero-order chi connectivity index (χ0) is 17.8. The summed E-state index contributed by atoms with van der Waals surface area (Å²) in [7, 11) is 0. The molecule has 8 heteroatoms. The van der Waals surface area contributed by atoms with E-state index in [1.807, 2.05) is 0 Å². The molecular weight excluding hydrogens is 365 g/mol. The number of carbonyl (C=O) groups excluding carboxylic acids is 2. The quantitative estimate of drug-likeness (QED) is 0.784. The van der Waals surface area contributed by atoms with Gasteiger partial charge in [-0.3, -0.25) is 14.5 Å². The third-order valence-corrected chi connectivity index (χ3v) is 5.31. The first-order valence-electron chi connectivity index (χ1n) is 8.40. The lowest BCUT2D eigenvalue weighted by molar-refractivity contribution is -0.132. The number of rotatable bonds is 5. The summed E-state index contributed by atoms with van der Waals surface area (Å²) in [4.78, 5) is 28.7. The molecule has 2 heterocycles. The summed E-state index contributed by atoms with van der Waals surface area (Å²) >= 11 is 11.9. The fourth-order valence-corrected chi connectivity index (χ4v) is 3.41. The predicted octanol–water partition coefficient (Wildman–Crippen LogP) is 1.79. The summed E-state index contributed by atoms with van der Waals surface area (Å²) in [5.74, 6) is -1.04. The van der Waals surface area contributed by atoms with E-state index in [-0.39, 0.29) is 11.8 Å². The predicted molar refractivity (Wildman–Crippen MR) is 97.2 cm³/mol. The van der Waals surface area contributed by atoms with Crippen LogP contribution in [0, 0.1) is 5.92 Å². The van der Waals surface area contributed by atoms with Crippen molar-refractivity contribution in [3.8, 4) is 0 Å². The topological polar surface area (TPSA) is 61.9 Å². The number of morpholine rings is 1. The highest BCUT2D eigenvalue weighted by atomic mass is 35.5. The molecule has 2 aliphatic rings. The molecule has 0 spiro atoms. The van der Waals surface area contributed by atoms with E-state index >= 15 is 0 Å². The van der Waals surface area contributed by atoms with Crippen LogP contribution in [0.3, 0.4) is 0 Å². The Labute approximate surface area is 157 Å². The molecule has 1 aromatic carbocycles. The van der Waals surface area contributed by atoms with Crippen LogP contribution in [-0.4, -0.2) is 62.7 Å². The zero-order valence-corrected chi connectivity index (χ0v) is 15.4. The van der Waals surface area contributed by atoms with Gasteiger partial charge in [-0.25, -0.2) is 0 Å². The van der Waals surface area contributed by atoms with Crippen molar-refractivity contribution in [2.45, 2.75) is 6.42 Å². The van der Waals surface area contributed by atoms with Gasteiger partial charge in [0.25, 0.3) is 0 Å². The zero-order valence-electron chi connectivity index (χ0n) is 13.8. The van der Waals surface area contributed by atoms with E-state index in [2.05, 4.69) is 10.2 Å². The van der Waals surface area contributed by atoms with Gasteiger partial charge >= 0.3 is 0 Å². The van der Waals surface area contributed by atoms with Crippen molar-refractivity contribution in [3.63, 3.8) is 0 Å². The van der Waals surface area contributed by atoms with Gasteiger partial charge in [0, 0.05) is 38.4 Å². The van der Waals surface area contributed by atoms with Crippen LogP contribution in [0.1, 0.15) is 6.42 Å². The van der Waals surface area contributed by atoms with Crippen LogP contribution >= 0.6 is 23.2 Å². The maximum Gasteiger partial charge on any atom is 0.239 e. The van der Waals surface area contributed by atoms with Gasteiger partial charge in [0.1, 0.15) is 5.92 Å². The number of benzene rings is 1. The second kappa shape index (κ2) is 8.36. The molecular formula is C17H21Cl2N3O3. The highest BCUT2D eigenvalue weighted by molar-refractivity contribution is 6.42. The SMILES string of the molecule is O=C(NCCN1CCOCC1)[C@H]1CCN(c2ccc(Cl)c(Cl)c2)C1=O. The Morgan fingerprint density at radius 1 is 1.20 bits per heavy atom. The van der Waals surface area contributed by atoms with Gasteiger partial charge in [-0.15, -0.1) is 0 Å². The highest BCUT2D eigenvalue weighted by Crippen LogP contribution is 2.31. The van der Waals surface area contributed by atoms with Crippen molar-refractivity contribution >= 4 is 40.7 Å². The van der Waals surface area contributed by atoms with E-state index in [1.54, 1.807) is 23.1 Å². The average Bonchev–Trinajstić information content (AvgIpc) is 3.00. The smallest absolute Gasteiger partial charge is 0.239 e. The molecule has 1 aromatic rings. The number of halogens is 2. The fraction of sp³-hybridized carbons (Fsp3) is 0.529. The minimum Gasteiger partial charge on any atom is -0.379 e. The lowest BCUT2D eigenvalue weighted by atomic mass is 10.1. The van der Waals surface area contributed by atoms with Gasteiger partial charge in [0.2, 0.25) is 11.8 Å². The maximum atomic E-state index is 12.6. The molecule has 1 N–H and O–H groups in total. The minimum absolute atomic E-state index is 0.192. The second-order valence-electron chi connectivity index (χ2n) is 6.17. The Morgan fingerprint density at radius 3 is 2.68 bits per heavy atom.